The Balaban J connectivity index is 2.43. The molecule has 1 unspecified atom stereocenters. The number of hydrogen-bond donors (Lipinski definition) is 1. The van der Waals surface area contributed by atoms with Crippen molar-refractivity contribution in [3.63, 3.8) is 0 Å². The van der Waals surface area contributed by atoms with Gasteiger partial charge in [0, 0.05) is 0 Å². The van der Waals surface area contributed by atoms with E-state index in [1.807, 2.05) is 39.2 Å². The Hall–Kier alpha value is -1.39. The predicted octanol–water partition coefficient (Wildman–Crippen LogP) is 2.22. The third-order valence-corrected chi connectivity index (χ3v) is 4.33. The molecule has 1 aliphatic heterocycles. The van der Waals surface area contributed by atoms with Gasteiger partial charge in [0.2, 0.25) is 0 Å². The lowest BCUT2D eigenvalue weighted by molar-refractivity contribution is -0.162. The van der Waals surface area contributed by atoms with Gasteiger partial charge < -0.3 is 15.0 Å². The summed E-state index contributed by atoms with van der Waals surface area (Å²) in [6, 6.07) is 10.3. The second-order valence-corrected chi connectivity index (χ2v) is 5.90. The van der Waals surface area contributed by atoms with Crippen molar-refractivity contribution in [1.29, 1.82) is 0 Å². The Morgan fingerprint density at radius 2 is 1.90 bits per heavy atom. The number of hydrogen-bond acceptors (Lipinski definition) is 4. The van der Waals surface area contributed by atoms with Crippen LogP contribution in [0.25, 0.3) is 0 Å². The van der Waals surface area contributed by atoms with Crippen molar-refractivity contribution in [2.75, 3.05) is 33.8 Å². The van der Waals surface area contributed by atoms with Crippen LogP contribution in [0.5, 0.6) is 0 Å². The van der Waals surface area contributed by atoms with Crippen LogP contribution in [0.2, 0.25) is 0 Å². The summed E-state index contributed by atoms with van der Waals surface area (Å²) in [5, 5.41) is 3.36. The fourth-order valence-electron chi connectivity index (χ4n) is 3.48. The van der Waals surface area contributed by atoms with Crippen LogP contribution < -0.4 is 5.32 Å². The van der Waals surface area contributed by atoms with Crippen LogP contribution in [0.3, 0.4) is 0 Å². The van der Waals surface area contributed by atoms with Crippen molar-refractivity contribution in [1.82, 2.24) is 10.2 Å². The Morgan fingerprint density at radius 1 is 1.29 bits per heavy atom. The second-order valence-electron chi connectivity index (χ2n) is 5.90. The lowest BCUT2D eigenvalue weighted by Crippen LogP contribution is -2.50. The van der Waals surface area contributed by atoms with Gasteiger partial charge in [-0.1, -0.05) is 30.3 Å². The molecule has 116 valence electrons. The van der Waals surface area contributed by atoms with E-state index in [0.717, 1.165) is 25.9 Å². The molecule has 1 aliphatic rings. The Kier molecular flexibility index (Phi) is 5.37. The summed E-state index contributed by atoms with van der Waals surface area (Å²) in [7, 11) is 4.08. The number of nitrogens with zero attached hydrogens (tertiary/aromatic N) is 1. The third kappa shape index (κ3) is 3.27. The van der Waals surface area contributed by atoms with E-state index in [2.05, 4.69) is 22.3 Å². The van der Waals surface area contributed by atoms with E-state index in [-0.39, 0.29) is 12.0 Å². The van der Waals surface area contributed by atoms with Crippen molar-refractivity contribution in [3.05, 3.63) is 35.9 Å². The lowest BCUT2D eigenvalue weighted by atomic mass is 9.70. The normalized spacial score (nSPS) is 19.2. The predicted molar refractivity (Wildman–Crippen MR) is 84.0 cm³/mol. The molecule has 1 aromatic rings. The molecule has 4 nitrogen and oxygen atoms in total. The molecule has 0 bridgehead atoms. The first kappa shape index (κ1) is 16.0. The molecule has 1 fully saturated rings. The Labute approximate surface area is 127 Å². The van der Waals surface area contributed by atoms with Crippen LogP contribution in [-0.4, -0.2) is 44.7 Å². The van der Waals surface area contributed by atoms with E-state index in [9.17, 15) is 4.79 Å². The summed E-state index contributed by atoms with van der Waals surface area (Å²) in [6.07, 6.45) is 1.62. The molecule has 0 aliphatic carbocycles. The quantitative estimate of drug-likeness (QED) is 0.844. The minimum atomic E-state index is -0.466. The molecular weight excluding hydrogens is 264 g/mol. The molecule has 0 amide bonds. The van der Waals surface area contributed by atoms with Gasteiger partial charge in [-0.15, -0.1) is 0 Å². The van der Waals surface area contributed by atoms with E-state index < -0.39 is 5.41 Å². The van der Waals surface area contributed by atoms with Crippen molar-refractivity contribution in [2.45, 2.75) is 25.8 Å². The van der Waals surface area contributed by atoms with Crippen LogP contribution >= 0.6 is 0 Å². The largest absolute Gasteiger partial charge is 0.466 e. The van der Waals surface area contributed by atoms with Crippen LogP contribution in [0, 0.1) is 5.41 Å². The minimum absolute atomic E-state index is 0.0415. The van der Waals surface area contributed by atoms with Gasteiger partial charge in [0.05, 0.1) is 18.1 Å². The van der Waals surface area contributed by atoms with E-state index in [1.54, 1.807) is 0 Å². The first-order valence-electron chi connectivity index (χ1n) is 7.71. The molecule has 21 heavy (non-hydrogen) atoms. The van der Waals surface area contributed by atoms with Gasteiger partial charge >= 0.3 is 5.97 Å². The number of piperidine rings is 1. The lowest BCUT2D eigenvalue weighted by Gasteiger charge is -2.44. The number of carbonyl (C=O) groups is 1. The van der Waals surface area contributed by atoms with Crippen molar-refractivity contribution in [3.8, 4) is 0 Å². The Bertz CT molecular complexity index is 453. The summed E-state index contributed by atoms with van der Waals surface area (Å²) >= 11 is 0. The molecule has 0 aromatic heterocycles. The van der Waals surface area contributed by atoms with Gasteiger partial charge in [-0.3, -0.25) is 4.79 Å². The number of nitrogens with one attached hydrogen (secondary N) is 1. The van der Waals surface area contributed by atoms with Crippen LogP contribution in [0.4, 0.5) is 0 Å². The maximum atomic E-state index is 12.8. The highest BCUT2D eigenvalue weighted by Crippen LogP contribution is 2.45. The molecule has 0 saturated carbocycles. The van der Waals surface area contributed by atoms with Gasteiger partial charge in [0.25, 0.3) is 0 Å². The van der Waals surface area contributed by atoms with E-state index in [0.29, 0.717) is 6.61 Å². The first-order valence-corrected chi connectivity index (χ1v) is 7.71. The molecule has 1 aromatic carbocycles. The van der Waals surface area contributed by atoms with Gasteiger partial charge in [0.1, 0.15) is 0 Å². The van der Waals surface area contributed by atoms with E-state index >= 15 is 0 Å². The van der Waals surface area contributed by atoms with Crippen molar-refractivity contribution < 1.29 is 9.53 Å². The van der Waals surface area contributed by atoms with Gasteiger partial charge in [0.15, 0.2) is 0 Å². The number of carbonyl (C=O) groups excluding carboxylic acids is 1. The highest BCUT2D eigenvalue weighted by Gasteiger charge is 2.49. The molecular formula is C17H26N2O2. The molecule has 0 radical (unpaired) electrons. The molecule has 1 saturated heterocycles. The summed E-state index contributed by atoms with van der Waals surface area (Å²) in [5.41, 5.74) is 0.712. The third-order valence-electron chi connectivity index (χ3n) is 4.33. The zero-order valence-corrected chi connectivity index (χ0v) is 13.3. The summed E-state index contributed by atoms with van der Waals surface area (Å²) in [6.45, 7) is 4.02. The van der Waals surface area contributed by atoms with Gasteiger partial charge in [-0.2, -0.15) is 0 Å². The highest BCUT2D eigenvalue weighted by atomic mass is 16.5. The SMILES string of the molecule is CCOC(=O)C1(C(c2ccccc2)N(C)C)CCNCC1. The number of benzene rings is 1. The summed E-state index contributed by atoms with van der Waals surface area (Å²) in [4.78, 5) is 14.9. The monoisotopic (exact) mass is 290 g/mol. The molecule has 1 N–H and O–H groups in total. The van der Waals surface area contributed by atoms with E-state index in [4.69, 9.17) is 4.74 Å². The fraction of sp³-hybridized carbons (Fsp3) is 0.588. The average Bonchev–Trinajstić information content (AvgIpc) is 2.49. The number of rotatable bonds is 5. The zero-order chi connectivity index (χ0) is 15.3. The maximum Gasteiger partial charge on any atom is 0.314 e. The summed E-state index contributed by atoms with van der Waals surface area (Å²) < 4.78 is 5.44. The highest BCUT2D eigenvalue weighted by molar-refractivity contribution is 5.78. The smallest absolute Gasteiger partial charge is 0.314 e. The molecule has 2 rings (SSSR count). The first-order chi connectivity index (χ1) is 10.1. The molecule has 0 spiro atoms. The molecule has 1 heterocycles. The van der Waals surface area contributed by atoms with E-state index in [1.165, 1.54) is 5.56 Å². The van der Waals surface area contributed by atoms with Gasteiger partial charge in [-0.25, -0.2) is 0 Å². The number of esters is 1. The number of ether oxygens (including phenoxy) is 1. The standard InChI is InChI=1S/C17H26N2O2/c1-4-21-16(20)17(10-12-18-13-11-17)15(19(2)3)14-8-6-5-7-9-14/h5-9,15,18H,4,10-13H2,1-3H3. The van der Waals surface area contributed by atoms with Gasteiger partial charge in [-0.05, 0) is 52.5 Å². The van der Waals surface area contributed by atoms with Crippen LogP contribution in [0.1, 0.15) is 31.4 Å². The molecule has 1 atom stereocenters. The average molecular weight is 290 g/mol. The molecule has 4 heteroatoms. The second kappa shape index (κ2) is 7.05. The maximum absolute atomic E-state index is 12.8. The van der Waals surface area contributed by atoms with Crippen molar-refractivity contribution in [2.24, 2.45) is 5.41 Å². The van der Waals surface area contributed by atoms with Crippen LogP contribution in [-0.2, 0) is 9.53 Å². The Morgan fingerprint density at radius 3 is 2.43 bits per heavy atom. The fourth-order valence-corrected chi connectivity index (χ4v) is 3.48. The summed E-state index contributed by atoms with van der Waals surface area (Å²) in [5.74, 6) is -0.0611. The topological polar surface area (TPSA) is 41.6 Å². The van der Waals surface area contributed by atoms with Crippen LogP contribution in [0.15, 0.2) is 30.3 Å². The minimum Gasteiger partial charge on any atom is -0.466 e. The van der Waals surface area contributed by atoms with Crippen molar-refractivity contribution >= 4 is 5.97 Å². The zero-order valence-electron chi connectivity index (χ0n) is 13.3.